The van der Waals surface area contributed by atoms with Crippen molar-refractivity contribution in [2.75, 3.05) is 13.7 Å². The summed E-state index contributed by atoms with van der Waals surface area (Å²) >= 11 is 7.37. The molecule has 0 saturated carbocycles. The van der Waals surface area contributed by atoms with Crippen molar-refractivity contribution >= 4 is 28.5 Å². The van der Waals surface area contributed by atoms with Crippen molar-refractivity contribution in [2.24, 2.45) is 10.8 Å². The van der Waals surface area contributed by atoms with Crippen LogP contribution in [0.5, 0.6) is 0 Å². The first-order valence-corrected chi connectivity index (χ1v) is 7.27. The fourth-order valence-corrected chi connectivity index (χ4v) is 2.37. The summed E-state index contributed by atoms with van der Waals surface area (Å²) in [4.78, 5) is 4.46. The van der Waals surface area contributed by atoms with Crippen molar-refractivity contribution in [1.29, 1.82) is 0 Å². The van der Waals surface area contributed by atoms with Crippen LogP contribution < -0.4 is 5.84 Å². The molecule has 1 aromatic carbocycles. The lowest BCUT2D eigenvalue weighted by Gasteiger charge is -2.22. The molecule has 3 N–H and O–H groups in total. The van der Waals surface area contributed by atoms with Crippen LogP contribution >= 0.6 is 23.4 Å². The topological polar surface area (TPSA) is 61.8 Å². The highest BCUT2D eigenvalue weighted by Gasteiger charge is 2.17. The Morgan fingerprint density at radius 1 is 1.42 bits per heavy atom. The van der Waals surface area contributed by atoms with Crippen molar-refractivity contribution in [3.63, 3.8) is 0 Å². The molecule has 0 aliphatic carbocycles. The monoisotopic (exact) mass is 301 g/mol. The summed E-state index contributed by atoms with van der Waals surface area (Å²) in [6.07, 6.45) is 0. The first kappa shape index (κ1) is 16.3. The lowest BCUT2D eigenvalue weighted by Crippen LogP contribution is -2.35. The molecule has 106 valence electrons. The standard InChI is InChI=1S/C13H20ClN3OS/c1-13(2,9-18)16-12(17(3)15)19-8-10-4-6-11(14)7-5-10/h4-7,18H,8-9,15H2,1-3H3. The Morgan fingerprint density at radius 2 is 2.00 bits per heavy atom. The normalized spacial score (nSPS) is 12.6. The third-order valence-corrected chi connectivity index (χ3v) is 3.74. The average molecular weight is 302 g/mol. The Kier molecular flexibility index (Phi) is 6.13. The average Bonchev–Trinajstić information content (AvgIpc) is 2.36. The number of aliphatic imine (C=N–C) groups is 1. The number of nitrogens with two attached hydrogens (primary N) is 1. The molecule has 0 aromatic heterocycles. The van der Waals surface area contributed by atoms with Crippen LogP contribution in [0, 0.1) is 0 Å². The number of halogens is 1. The number of benzene rings is 1. The minimum Gasteiger partial charge on any atom is -0.394 e. The zero-order chi connectivity index (χ0) is 14.5. The molecule has 4 nitrogen and oxygen atoms in total. The fraction of sp³-hybridized carbons (Fsp3) is 0.462. The maximum atomic E-state index is 9.25. The van der Waals surface area contributed by atoms with Crippen LogP contribution in [0.4, 0.5) is 0 Å². The summed E-state index contributed by atoms with van der Waals surface area (Å²) in [6, 6.07) is 7.66. The van der Waals surface area contributed by atoms with Crippen molar-refractivity contribution in [3.05, 3.63) is 34.9 Å². The van der Waals surface area contributed by atoms with Gasteiger partial charge in [0.05, 0.1) is 12.1 Å². The summed E-state index contributed by atoms with van der Waals surface area (Å²) in [5.41, 5.74) is 0.612. The quantitative estimate of drug-likeness (QED) is 0.388. The van der Waals surface area contributed by atoms with E-state index in [0.29, 0.717) is 5.17 Å². The second kappa shape index (κ2) is 7.14. The number of rotatable bonds is 4. The molecule has 0 aliphatic heterocycles. The maximum Gasteiger partial charge on any atom is 0.174 e. The minimum absolute atomic E-state index is 0.0220. The Bertz CT molecular complexity index is 432. The fourth-order valence-electron chi connectivity index (χ4n) is 1.24. The molecule has 1 aromatic rings. The van der Waals surface area contributed by atoms with Crippen LogP contribution in [0.2, 0.25) is 5.02 Å². The third-order valence-electron chi connectivity index (χ3n) is 2.37. The summed E-state index contributed by atoms with van der Waals surface area (Å²) in [7, 11) is 1.74. The number of aliphatic hydroxyl groups is 1. The molecular weight excluding hydrogens is 282 g/mol. The number of hydrogen-bond donors (Lipinski definition) is 2. The van der Waals surface area contributed by atoms with E-state index in [9.17, 15) is 5.11 Å². The van der Waals surface area contributed by atoms with Crippen LogP contribution in [-0.4, -0.2) is 34.5 Å². The smallest absolute Gasteiger partial charge is 0.174 e. The van der Waals surface area contributed by atoms with Gasteiger partial charge in [-0.2, -0.15) is 0 Å². The molecule has 6 heteroatoms. The minimum atomic E-state index is -0.532. The SMILES string of the molecule is CN(N)C(=NC(C)(C)CO)SCc1ccc(Cl)cc1. The van der Waals surface area contributed by atoms with E-state index in [1.165, 1.54) is 16.8 Å². The molecule has 19 heavy (non-hydrogen) atoms. The second-order valence-corrected chi connectivity index (χ2v) is 6.27. The van der Waals surface area contributed by atoms with Gasteiger partial charge in [0.1, 0.15) is 0 Å². The van der Waals surface area contributed by atoms with E-state index in [2.05, 4.69) is 4.99 Å². The molecular formula is C13H20ClN3OS. The van der Waals surface area contributed by atoms with Crippen molar-refractivity contribution in [1.82, 2.24) is 5.01 Å². The van der Waals surface area contributed by atoms with Gasteiger partial charge < -0.3 is 5.11 Å². The number of aliphatic hydroxyl groups excluding tert-OH is 1. The summed E-state index contributed by atoms with van der Waals surface area (Å²) < 4.78 is 0. The lowest BCUT2D eigenvalue weighted by molar-refractivity contribution is 0.222. The molecule has 1 rings (SSSR count). The molecule has 0 atom stereocenters. The maximum absolute atomic E-state index is 9.25. The van der Waals surface area contributed by atoms with Crippen LogP contribution in [0.15, 0.2) is 29.3 Å². The first-order valence-electron chi connectivity index (χ1n) is 5.90. The van der Waals surface area contributed by atoms with Crippen molar-refractivity contribution < 1.29 is 5.11 Å². The highest BCUT2D eigenvalue weighted by atomic mass is 35.5. The van der Waals surface area contributed by atoms with Crippen LogP contribution in [0.1, 0.15) is 19.4 Å². The van der Waals surface area contributed by atoms with Gasteiger partial charge in [-0.3, -0.25) is 10.0 Å². The molecule has 0 spiro atoms. The van der Waals surface area contributed by atoms with E-state index >= 15 is 0 Å². The highest BCUT2D eigenvalue weighted by molar-refractivity contribution is 8.13. The zero-order valence-electron chi connectivity index (χ0n) is 11.4. The van der Waals surface area contributed by atoms with E-state index in [0.717, 1.165) is 16.3 Å². The van der Waals surface area contributed by atoms with E-state index in [-0.39, 0.29) is 6.61 Å². The molecule has 0 aliphatic rings. The van der Waals surface area contributed by atoms with Gasteiger partial charge >= 0.3 is 0 Å². The molecule has 0 saturated heterocycles. The van der Waals surface area contributed by atoms with Gasteiger partial charge in [-0.15, -0.1) is 0 Å². The van der Waals surface area contributed by atoms with E-state index < -0.39 is 5.54 Å². The first-order chi connectivity index (χ1) is 8.84. The summed E-state index contributed by atoms with van der Waals surface area (Å²) in [5.74, 6) is 6.51. The molecule has 0 unspecified atom stereocenters. The Balaban J connectivity index is 2.72. The van der Waals surface area contributed by atoms with Gasteiger partial charge in [-0.25, -0.2) is 5.84 Å². The zero-order valence-corrected chi connectivity index (χ0v) is 13.0. The van der Waals surface area contributed by atoms with E-state index in [1.807, 2.05) is 38.1 Å². The molecule has 0 bridgehead atoms. The third kappa shape index (κ3) is 5.82. The Hall–Kier alpha value is -0.750. The van der Waals surface area contributed by atoms with Crippen LogP contribution in [0.25, 0.3) is 0 Å². The van der Waals surface area contributed by atoms with Crippen LogP contribution in [0.3, 0.4) is 0 Å². The molecule has 0 radical (unpaired) electrons. The van der Waals surface area contributed by atoms with Gasteiger partial charge in [-0.1, -0.05) is 35.5 Å². The van der Waals surface area contributed by atoms with Gasteiger partial charge in [0.25, 0.3) is 0 Å². The Labute approximate surface area is 123 Å². The number of nitrogens with zero attached hydrogens (tertiary/aromatic N) is 2. The van der Waals surface area contributed by atoms with Gasteiger partial charge in [0.15, 0.2) is 5.17 Å². The predicted molar refractivity (Wildman–Crippen MR) is 83.3 cm³/mol. The van der Waals surface area contributed by atoms with Gasteiger partial charge in [-0.05, 0) is 31.5 Å². The number of hydrogen-bond acceptors (Lipinski definition) is 4. The molecule has 0 amide bonds. The summed E-state index contributed by atoms with van der Waals surface area (Å²) in [5, 5.41) is 12.1. The largest absolute Gasteiger partial charge is 0.394 e. The van der Waals surface area contributed by atoms with Crippen molar-refractivity contribution in [3.8, 4) is 0 Å². The lowest BCUT2D eigenvalue weighted by atomic mass is 10.1. The van der Waals surface area contributed by atoms with Crippen molar-refractivity contribution in [2.45, 2.75) is 25.1 Å². The highest BCUT2D eigenvalue weighted by Crippen LogP contribution is 2.19. The van der Waals surface area contributed by atoms with E-state index in [4.69, 9.17) is 17.4 Å². The number of amidine groups is 1. The summed E-state index contributed by atoms with van der Waals surface area (Å²) in [6.45, 7) is 3.70. The second-order valence-electron chi connectivity index (χ2n) is 4.89. The van der Waals surface area contributed by atoms with E-state index in [1.54, 1.807) is 7.05 Å². The van der Waals surface area contributed by atoms with Crippen LogP contribution in [-0.2, 0) is 5.75 Å². The molecule has 0 heterocycles. The van der Waals surface area contributed by atoms with Gasteiger partial charge in [0, 0.05) is 17.8 Å². The number of hydrazine groups is 1. The number of thioether (sulfide) groups is 1. The Morgan fingerprint density at radius 3 is 2.47 bits per heavy atom. The predicted octanol–water partition coefficient (Wildman–Crippen LogP) is 2.51. The van der Waals surface area contributed by atoms with Gasteiger partial charge in [0.2, 0.25) is 0 Å². The molecule has 0 fully saturated rings.